The van der Waals surface area contributed by atoms with Crippen molar-refractivity contribution in [1.82, 2.24) is 0 Å². The third-order valence-corrected chi connectivity index (χ3v) is 3.67. The average molecular weight is 222 g/mol. The summed E-state index contributed by atoms with van der Waals surface area (Å²) in [6.07, 6.45) is 0. The van der Waals surface area contributed by atoms with Crippen molar-refractivity contribution < 1.29 is 4.79 Å². The molecule has 0 saturated heterocycles. The average Bonchev–Trinajstić information content (AvgIpc) is 2.36. The fraction of sp³-hybridized carbons (Fsp3) is 0.188. The summed E-state index contributed by atoms with van der Waals surface area (Å²) in [5.74, 6) is 0.470. The molecular formula is C16H14O. The van der Waals surface area contributed by atoms with Crippen molar-refractivity contribution in [1.29, 1.82) is 0 Å². The molecule has 84 valence electrons. The molecule has 0 spiro atoms. The van der Waals surface area contributed by atoms with Gasteiger partial charge in [-0.05, 0) is 23.6 Å². The highest BCUT2D eigenvalue weighted by Crippen LogP contribution is 2.37. The van der Waals surface area contributed by atoms with Crippen LogP contribution in [-0.2, 0) is 0 Å². The lowest BCUT2D eigenvalue weighted by Crippen LogP contribution is -2.18. The predicted octanol–water partition coefficient (Wildman–Crippen LogP) is 3.69. The SMILES string of the molecule is Cc1cccc2c1C(C)c1ccccc1C2=O. The Kier molecular flexibility index (Phi) is 2.15. The molecule has 0 bridgehead atoms. The van der Waals surface area contributed by atoms with Crippen molar-refractivity contribution in [2.75, 3.05) is 0 Å². The summed E-state index contributed by atoms with van der Waals surface area (Å²) in [6, 6.07) is 13.9. The van der Waals surface area contributed by atoms with E-state index in [0.717, 1.165) is 16.7 Å². The molecule has 17 heavy (non-hydrogen) atoms. The molecule has 1 aliphatic rings. The van der Waals surface area contributed by atoms with Crippen LogP contribution < -0.4 is 0 Å². The van der Waals surface area contributed by atoms with Gasteiger partial charge in [-0.2, -0.15) is 0 Å². The van der Waals surface area contributed by atoms with Gasteiger partial charge in [0.25, 0.3) is 0 Å². The van der Waals surface area contributed by atoms with Crippen LogP contribution in [0.1, 0.15) is 45.5 Å². The number of benzene rings is 2. The highest BCUT2D eigenvalue weighted by Gasteiger charge is 2.28. The lowest BCUT2D eigenvalue weighted by atomic mass is 9.77. The molecule has 0 aromatic heterocycles. The molecule has 3 rings (SSSR count). The maximum absolute atomic E-state index is 12.4. The minimum absolute atomic E-state index is 0.164. The molecule has 0 radical (unpaired) electrons. The second kappa shape index (κ2) is 3.56. The Labute approximate surface area is 101 Å². The first-order valence-electron chi connectivity index (χ1n) is 5.93. The summed E-state index contributed by atoms with van der Waals surface area (Å²) in [5.41, 5.74) is 5.28. The molecule has 0 amide bonds. The van der Waals surface area contributed by atoms with E-state index < -0.39 is 0 Å². The Balaban J connectivity index is 2.33. The standard InChI is InChI=1S/C16H14O/c1-10-6-5-9-14-15(10)11(2)12-7-3-4-8-13(12)16(14)17/h3-9,11H,1-2H3. The van der Waals surface area contributed by atoms with Gasteiger partial charge in [-0.15, -0.1) is 0 Å². The molecule has 1 atom stereocenters. The molecule has 0 fully saturated rings. The first-order valence-corrected chi connectivity index (χ1v) is 5.93. The van der Waals surface area contributed by atoms with Crippen molar-refractivity contribution in [3.8, 4) is 0 Å². The van der Waals surface area contributed by atoms with Crippen LogP contribution in [0.3, 0.4) is 0 Å². The molecule has 1 nitrogen and oxygen atoms in total. The van der Waals surface area contributed by atoms with Crippen molar-refractivity contribution in [3.63, 3.8) is 0 Å². The number of fused-ring (bicyclic) bond motifs is 2. The third-order valence-electron chi connectivity index (χ3n) is 3.67. The van der Waals surface area contributed by atoms with Crippen molar-refractivity contribution in [2.24, 2.45) is 0 Å². The molecule has 1 heteroatoms. The van der Waals surface area contributed by atoms with Gasteiger partial charge < -0.3 is 0 Å². The first-order chi connectivity index (χ1) is 8.20. The third kappa shape index (κ3) is 1.35. The lowest BCUT2D eigenvalue weighted by Gasteiger charge is -2.26. The molecule has 0 heterocycles. The minimum atomic E-state index is 0.164. The van der Waals surface area contributed by atoms with Gasteiger partial charge in [-0.1, -0.05) is 49.4 Å². The van der Waals surface area contributed by atoms with Crippen LogP contribution in [-0.4, -0.2) is 5.78 Å². The monoisotopic (exact) mass is 222 g/mol. The van der Waals surface area contributed by atoms with Gasteiger partial charge in [0.05, 0.1) is 0 Å². The Morgan fingerprint density at radius 2 is 1.65 bits per heavy atom. The minimum Gasteiger partial charge on any atom is -0.289 e. The first kappa shape index (κ1) is 10.3. The van der Waals surface area contributed by atoms with Crippen LogP contribution in [0.4, 0.5) is 0 Å². The molecule has 0 N–H and O–H groups in total. The van der Waals surface area contributed by atoms with Crippen LogP contribution in [0.5, 0.6) is 0 Å². The van der Waals surface area contributed by atoms with E-state index in [2.05, 4.69) is 26.0 Å². The molecule has 1 unspecified atom stereocenters. The summed E-state index contributed by atoms with van der Waals surface area (Å²) >= 11 is 0. The van der Waals surface area contributed by atoms with E-state index in [1.807, 2.05) is 30.3 Å². The van der Waals surface area contributed by atoms with E-state index in [0.29, 0.717) is 5.92 Å². The number of hydrogen-bond donors (Lipinski definition) is 0. The predicted molar refractivity (Wildman–Crippen MR) is 68.6 cm³/mol. The largest absolute Gasteiger partial charge is 0.289 e. The Morgan fingerprint density at radius 1 is 0.941 bits per heavy atom. The topological polar surface area (TPSA) is 17.1 Å². The van der Waals surface area contributed by atoms with Crippen LogP contribution in [0.2, 0.25) is 0 Å². The van der Waals surface area contributed by atoms with Gasteiger partial charge in [0.15, 0.2) is 5.78 Å². The Morgan fingerprint density at radius 3 is 2.47 bits per heavy atom. The smallest absolute Gasteiger partial charge is 0.193 e. The molecular weight excluding hydrogens is 208 g/mol. The summed E-state index contributed by atoms with van der Waals surface area (Å²) in [6.45, 7) is 4.26. The molecule has 2 aromatic carbocycles. The maximum atomic E-state index is 12.4. The fourth-order valence-electron chi connectivity index (χ4n) is 2.84. The van der Waals surface area contributed by atoms with Gasteiger partial charge in [-0.25, -0.2) is 0 Å². The zero-order valence-electron chi connectivity index (χ0n) is 10.0. The second-order valence-electron chi connectivity index (χ2n) is 4.67. The zero-order valence-corrected chi connectivity index (χ0v) is 10.0. The van der Waals surface area contributed by atoms with Crippen LogP contribution in [0, 0.1) is 6.92 Å². The van der Waals surface area contributed by atoms with Crippen LogP contribution in [0.25, 0.3) is 0 Å². The van der Waals surface area contributed by atoms with E-state index in [-0.39, 0.29) is 5.78 Å². The Bertz CT molecular complexity index is 611. The summed E-state index contributed by atoms with van der Waals surface area (Å²) < 4.78 is 0. The highest BCUT2D eigenvalue weighted by atomic mass is 16.1. The highest BCUT2D eigenvalue weighted by molar-refractivity contribution is 6.12. The van der Waals surface area contributed by atoms with E-state index in [1.54, 1.807) is 0 Å². The Hall–Kier alpha value is -1.89. The normalized spacial score (nSPS) is 17.5. The molecule has 0 aliphatic heterocycles. The summed E-state index contributed by atoms with van der Waals surface area (Å²) in [5, 5.41) is 0. The number of hydrogen-bond acceptors (Lipinski definition) is 1. The van der Waals surface area contributed by atoms with Crippen molar-refractivity contribution >= 4 is 5.78 Å². The van der Waals surface area contributed by atoms with E-state index >= 15 is 0 Å². The van der Waals surface area contributed by atoms with Gasteiger partial charge in [-0.3, -0.25) is 4.79 Å². The van der Waals surface area contributed by atoms with Gasteiger partial charge >= 0.3 is 0 Å². The van der Waals surface area contributed by atoms with Gasteiger partial charge in [0.1, 0.15) is 0 Å². The molecule has 1 aliphatic carbocycles. The number of ketones is 1. The zero-order chi connectivity index (χ0) is 12.0. The number of rotatable bonds is 0. The molecule has 2 aromatic rings. The number of carbonyl (C=O) groups excluding carboxylic acids is 1. The van der Waals surface area contributed by atoms with E-state index in [4.69, 9.17) is 0 Å². The van der Waals surface area contributed by atoms with E-state index in [9.17, 15) is 4.79 Å². The van der Waals surface area contributed by atoms with Crippen molar-refractivity contribution in [2.45, 2.75) is 19.8 Å². The van der Waals surface area contributed by atoms with Crippen molar-refractivity contribution in [3.05, 3.63) is 70.3 Å². The van der Waals surface area contributed by atoms with Crippen LogP contribution in [0.15, 0.2) is 42.5 Å². The van der Waals surface area contributed by atoms with Crippen LogP contribution >= 0.6 is 0 Å². The quantitative estimate of drug-likeness (QED) is 0.664. The molecule has 0 saturated carbocycles. The summed E-state index contributed by atoms with van der Waals surface area (Å²) in [4.78, 5) is 12.4. The van der Waals surface area contributed by atoms with E-state index in [1.165, 1.54) is 11.1 Å². The second-order valence-corrected chi connectivity index (χ2v) is 4.67. The van der Waals surface area contributed by atoms with Gasteiger partial charge in [0.2, 0.25) is 0 Å². The lowest BCUT2D eigenvalue weighted by molar-refractivity contribution is 0.103. The maximum Gasteiger partial charge on any atom is 0.193 e. The number of carbonyl (C=O) groups is 1. The van der Waals surface area contributed by atoms with Gasteiger partial charge in [0, 0.05) is 17.0 Å². The summed E-state index contributed by atoms with van der Waals surface area (Å²) in [7, 11) is 0. The number of aryl methyl sites for hydroxylation is 1. The fourth-order valence-corrected chi connectivity index (χ4v) is 2.84.